The van der Waals surface area contributed by atoms with Crippen molar-refractivity contribution in [3.8, 4) is 0 Å². The molecule has 0 aromatic heterocycles. The van der Waals surface area contributed by atoms with E-state index in [1.54, 1.807) is 0 Å². The lowest BCUT2D eigenvalue weighted by atomic mass is 9.98. The largest absolute Gasteiger partial charge is 0.316 e. The first kappa shape index (κ1) is 12.0. The van der Waals surface area contributed by atoms with Crippen LogP contribution in [0.2, 0.25) is 0 Å². The smallest absolute Gasteiger partial charge is 0.000664 e. The summed E-state index contributed by atoms with van der Waals surface area (Å²) in [6.45, 7) is 6.59. The lowest BCUT2D eigenvalue weighted by Crippen LogP contribution is -2.29. The lowest BCUT2D eigenvalue weighted by molar-refractivity contribution is 0.323. The second-order valence-corrected chi connectivity index (χ2v) is 6.45. The van der Waals surface area contributed by atoms with Gasteiger partial charge in [-0.2, -0.15) is 0 Å². The van der Waals surface area contributed by atoms with Gasteiger partial charge in [-0.05, 0) is 95.4 Å². The molecule has 17 heavy (non-hydrogen) atoms. The average molecular weight is 236 g/mol. The Balaban J connectivity index is 1.24. The number of rotatable bonds is 8. The minimum Gasteiger partial charge on any atom is -0.316 e. The highest BCUT2D eigenvalue weighted by Gasteiger charge is 2.40. The van der Waals surface area contributed by atoms with E-state index in [0.29, 0.717) is 0 Å². The first-order valence-electron chi connectivity index (χ1n) is 7.86. The highest BCUT2D eigenvalue weighted by Crippen LogP contribution is 2.48. The first-order chi connectivity index (χ1) is 8.43. The van der Waals surface area contributed by atoms with Gasteiger partial charge in [-0.15, -0.1) is 0 Å². The van der Waals surface area contributed by atoms with E-state index in [4.69, 9.17) is 0 Å². The summed E-state index contributed by atoms with van der Waals surface area (Å²) in [6, 6.07) is 0. The maximum Gasteiger partial charge on any atom is -0.000664 e. The van der Waals surface area contributed by atoms with Crippen LogP contribution in [0.3, 0.4) is 0 Å². The maximum absolute atomic E-state index is 3.73. The van der Waals surface area contributed by atoms with E-state index in [-0.39, 0.29) is 0 Å². The van der Waals surface area contributed by atoms with Gasteiger partial charge in [0.1, 0.15) is 0 Å². The number of hydrogen-bond donors (Lipinski definition) is 1. The third-order valence-electron chi connectivity index (χ3n) is 4.86. The van der Waals surface area contributed by atoms with Gasteiger partial charge in [0.25, 0.3) is 0 Å². The third-order valence-corrected chi connectivity index (χ3v) is 4.86. The zero-order valence-corrected chi connectivity index (χ0v) is 11.2. The fraction of sp³-hybridized carbons (Fsp3) is 1.00. The van der Waals surface area contributed by atoms with Crippen molar-refractivity contribution in [2.75, 3.05) is 32.7 Å². The van der Waals surface area contributed by atoms with Crippen LogP contribution >= 0.6 is 0 Å². The van der Waals surface area contributed by atoms with Crippen LogP contribution < -0.4 is 5.32 Å². The van der Waals surface area contributed by atoms with E-state index in [0.717, 1.165) is 17.8 Å². The molecular formula is C15H28N2. The molecule has 0 spiro atoms. The number of hydrogen-bond acceptors (Lipinski definition) is 2. The molecule has 1 aliphatic heterocycles. The fourth-order valence-electron chi connectivity index (χ4n) is 3.47. The highest BCUT2D eigenvalue weighted by molar-refractivity contribution is 4.92. The standard InChI is InChI=1S/C15H28N2/c1-2-10-17(9-1)11-3-8-16-12-15(13-4-5-13)14-6-7-14/h13-16H,1-12H2. The van der Waals surface area contributed by atoms with Crippen molar-refractivity contribution in [2.24, 2.45) is 17.8 Å². The van der Waals surface area contributed by atoms with Crippen LogP contribution in [-0.2, 0) is 0 Å². The van der Waals surface area contributed by atoms with Crippen molar-refractivity contribution >= 4 is 0 Å². The summed E-state index contributed by atoms with van der Waals surface area (Å²) in [5.41, 5.74) is 0. The molecule has 3 fully saturated rings. The molecule has 2 nitrogen and oxygen atoms in total. The van der Waals surface area contributed by atoms with Crippen molar-refractivity contribution in [3.63, 3.8) is 0 Å². The normalized spacial score (nSPS) is 25.9. The van der Waals surface area contributed by atoms with Crippen LogP contribution in [0.4, 0.5) is 0 Å². The molecule has 0 bridgehead atoms. The van der Waals surface area contributed by atoms with Gasteiger partial charge in [-0.1, -0.05) is 0 Å². The van der Waals surface area contributed by atoms with Crippen LogP contribution in [0.15, 0.2) is 0 Å². The molecule has 3 rings (SSSR count). The molecule has 0 atom stereocenters. The lowest BCUT2D eigenvalue weighted by Gasteiger charge is -2.18. The summed E-state index contributed by atoms with van der Waals surface area (Å²) in [6.07, 6.45) is 10.3. The Bertz CT molecular complexity index is 215. The molecule has 0 aromatic rings. The minimum absolute atomic E-state index is 1.04. The minimum atomic E-state index is 1.04. The third kappa shape index (κ3) is 3.69. The summed E-state index contributed by atoms with van der Waals surface area (Å²) in [5.74, 6) is 3.25. The van der Waals surface area contributed by atoms with Gasteiger partial charge in [-0.25, -0.2) is 0 Å². The van der Waals surface area contributed by atoms with Gasteiger partial charge in [-0.3, -0.25) is 0 Å². The molecule has 3 aliphatic rings. The van der Waals surface area contributed by atoms with Crippen LogP contribution in [0.1, 0.15) is 44.9 Å². The summed E-state index contributed by atoms with van der Waals surface area (Å²) in [5, 5.41) is 3.73. The number of likely N-dealkylation sites (tertiary alicyclic amines) is 1. The topological polar surface area (TPSA) is 15.3 Å². The second kappa shape index (κ2) is 5.71. The van der Waals surface area contributed by atoms with Crippen molar-refractivity contribution in [1.82, 2.24) is 10.2 Å². The van der Waals surface area contributed by atoms with Crippen LogP contribution in [0.5, 0.6) is 0 Å². The van der Waals surface area contributed by atoms with Crippen molar-refractivity contribution in [3.05, 3.63) is 0 Å². The highest BCUT2D eigenvalue weighted by atomic mass is 15.1. The fourth-order valence-corrected chi connectivity index (χ4v) is 3.47. The van der Waals surface area contributed by atoms with E-state index in [2.05, 4.69) is 10.2 Å². The number of nitrogens with zero attached hydrogens (tertiary/aromatic N) is 1. The van der Waals surface area contributed by atoms with Crippen LogP contribution in [0, 0.1) is 17.8 Å². The summed E-state index contributed by atoms with van der Waals surface area (Å²) in [4.78, 5) is 2.63. The van der Waals surface area contributed by atoms with Gasteiger partial charge < -0.3 is 10.2 Å². The molecule has 98 valence electrons. The Morgan fingerprint density at radius 1 is 1.00 bits per heavy atom. The Hall–Kier alpha value is -0.0800. The molecule has 2 aliphatic carbocycles. The molecular weight excluding hydrogens is 208 g/mol. The molecule has 1 saturated heterocycles. The van der Waals surface area contributed by atoms with E-state index in [1.165, 1.54) is 77.7 Å². The molecule has 2 heteroatoms. The first-order valence-corrected chi connectivity index (χ1v) is 7.86. The van der Waals surface area contributed by atoms with Crippen LogP contribution in [0.25, 0.3) is 0 Å². The van der Waals surface area contributed by atoms with E-state index in [9.17, 15) is 0 Å². The predicted molar refractivity (Wildman–Crippen MR) is 72.1 cm³/mol. The zero-order chi connectivity index (χ0) is 11.5. The van der Waals surface area contributed by atoms with Gasteiger partial charge in [0.05, 0.1) is 0 Å². The van der Waals surface area contributed by atoms with Crippen molar-refractivity contribution in [1.29, 1.82) is 0 Å². The van der Waals surface area contributed by atoms with E-state index < -0.39 is 0 Å². The zero-order valence-electron chi connectivity index (χ0n) is 11.2. The molecule has 2 saturated carbocycles. The maximum atomic E-state index is 3.73. The van der Waals surface area contributed by atoms with Gasteiger partial charge >= 0.3 is 0 Å². The Morgan fingerprint density at radius 3 is 2.24 bits per heavy atom. The summed E-state index contributed by atoms with van der Waals surface area (Å²) < 4.78 is 0. The van der Waals surface area contributed by atoms with Gasteiger partial charge in [0, 0.05) is 0 Å². The predicted octanol–water partition coefficient (Wildman–Crippen LogP) is 2.50. The Morgan fingerprint density at radius 2 is 1.65 bits per heavy atom. The van der Waals surface area contributed by atoms with Crippen LogP contribution in [-0.4, -0.2) is 37.6 Å². The average Bonchev–Trinajstić information content (AvgIpc) is 3.25. The molecule has 1 heterocycles. The van der Waals surface area contributed by atoms with E-state index in [1.807, 2.05) is 0 Å². The summed E-state index contributed by atoms with van der Waals surface area (Å²) >= 11 is 0. The quantitative estimate of drug-likeness (QED) is 0.651. The molecule has 0 amide bonds. The Labute approximate surface area is 106 Å². The molecule has 0 radical (unpaired) electrons. The second-order valence-electron chi connectivity index (χ2n) is 6.45. The summed E-state index contributed by atoms with van der Waals surface area (Å²) in [7, 11) is 0. The Kier molecular flexibility index (Phi) is 4.02. The SMILES string of the molecule is C1CCN(CCCNCC(C2CC2)C2CC2)C1. The molecule has 0 unspecified atom stereocenters. The van der Waals surface area contributed by atoms with Gasteiger partial charge in [0.2, 0.25) is 0 Å². The van der Waals surface area contributed by atoms with Gasteiger partial charge in [0.15, 0.2) is 0 Å². The molecule has 1 N–H and O–H groups in total. The van der Waals surface area contributed by atoms with Crippen molar-refractivity contribution in [2.45, 2.75) is 44.9 Å². The van der Waals surface area contributed by atoms with Crippen molar-refractivity contribution < 1.29 is 0 Å². The van der Waals surface area contributed by atoms with E-state index >= 15 is 0 Å². The molecule has 0 aromatic carbocycles. The number of nitrogens with one attached hydrogen (secondary N) is 1. The monoisotopic (exact) mass is 236 g/mol.